The fourth-order valence-electron chi connectivity index (χ4n) is 2.90. The number of rotatable bonds is 7. The lowest BCUT2D eigenvalue weighted by Gasteiger charge is -2.15. The Morgan fingerprint density at radius 1 is 0.962 bits per heavy atom. The molecule has 0 unspecified atom stereocenters. The average Bonchev–Trinajstić information content (AvgIpc) is 3.06. The van der Waals surface area contributed by atoms with Crippen LogP contribution in [0.15, 0.2) is 65.8 Å². The normalized spacial score (nSPS) is 12.8. The van der Waals surface area contributed by atoms with Crippen LogP contribution in [0.4, 0.5) is 0 Å². The van der Waals surface area contributed by atoms with Crippen LogP contribution >= 0.6 is 0 Å². The van der Waals surface area contributed by atoms with Crippen molar-refractivity contribution in [2.45, 2.75) is 30.6 Å². The number of aromatic nitrogens is 3. The molecule has 0 aliphatic heterocycles. The fourth-order valence-corrected chi connectivity index (χ4v) is 3.68. The second-order valence-corrected chi connectivity index (χ2v) is 8.21. The molecule has 1 aromatic heterocycles. The SMILES string of the molecule is CS(=O)(=O)c1nnc([C@@H](N)Cc2ccccc2)n1CCc1ccccc1. The van der Waals surface area contributed by atoms with Crippen LogP contribution in [0.25, 0.3) is 0 Å². The van der Waals surface area contributed by atoms with Gasteiger partial charge in [-0.1, -0.05) is 60.7 Å². The van der Waals surface area contributed by atoms with Crippen molar-refractivity contribution in [3.63, 3.8) is 0 Å². The van der Waals surface area contributed by atoms with E-state index in [2.05, 4.69) is 10.2 Å². The van der Waals surface area contributed by atoms with Crippen molar-refractivity contribution in [3.8, 4) is 0 Å². The summed E-state index contributed by atoms with van der Waals surface area (Å²) in [6.07, 6.45) is 2.38. The van der Waals surface area contributed by atoms with Crippen LogP contribution in [0.2, 0.25) is 0 Å². The van der Waals surface area contributed by atoms with Crippen LogP contribution in [0.5, 0.6) is 0 Å². The maximum absolute atomic E-state index is 12.1. The Kier molecular flexibility index (Phi) is 5.49. The molecule has 136 valence electrons. The first-order valence-electron chi connectivity index (χ1n) is 8.42. The lowest BCUT2D eigenvalue weighted by Crippen LogP contribution is -2.21. The summed E-state index contributed by atoms with van der Waals surface area (Å²) in [4.78, 5) is 0. The van der Waals surface area contributed by atoms with E-state index >= 15 is 0 Å². The third-order valence-electron chi connectivity index (χ3n) is 4.17. The number of hydrogen-bond acceptors (Lipinski definition) is 5. The molecular weight excluding hydrogens is 348 g/mol. The Labute approximate surface area is 153 Å². The Bertz CT molecular complexity index is 954. The number of nitrogens with zero attached hydrogens (tertiary/aromatic N) is 3. The summed E-state index contributed by atoms with van der Waals surface area (Å²) >= 11 is 0. The van der Waals surface area contributed by atoms with E-state index in [-0.39, 0.29) is 5.16 Å². The standard InChI is InChI=1S/C19H22N4O2S/c1-26(24,25)19-22-21-18(17(20)14-16-10-6-3-7-11-16)23(19)13-12-15-8-4-2-5-9-15/h2-11,17H,12-14,20H2,1H3/t17-/m0/s1. The van der Waals surface area contributed by atoms with E-state index in [1.54, 1.807) is 4.57 Å². The van der Waals surface area contributed by atoms with Crippen molar-refractivity contribution >= 4 is 9.84 Å². The van der Waals surface area contributed by atoms with Gasteiger partial charge < -0.3 is 10.3 Å². The van der Waals surface area contributed by atoms with Crippen molar-refractivity contribution < 1.29 is 8.42 Å². The smallest absolute Gasteiger partial charge is 0.249 e. The molecule has 6 nitrogen and oxygen atoms in total. The van der Waals surface area contributed by atoms with E-state index in [0.29, 0.717) is 25.2 Å². The minimum atomic E-state index is -3.49. The molecule has 2 N–H and O–H groups in total. The molecule has 0 bridgehead atoms. The van der Waals surface area contributed by atoms with Crippen LogP contribution < -0.4 is 5.73 Å². The second-order valence-electron chi connectivity index (χ2n) is 6.30. The molecule has 0 fully saturated rings. The topological polar surface area (TPSA) is 90.9 Å². The molecule has 0 amide bonds. The van der Waals surface area contributed by atoms with Gasteiger partial charge in [0.05, 0.1) is 6.04 Å². The number of aryl methyl sites for hydroxylation is 1. The lowest BCUT2D eigenvalue weighted by atomic mass is 10.1. The Morgan fingerprint density at radius 3 is 2.12 bits per heavy atom. The van der Waals surface area contributed by atoms with Crippen molar-refractivity contribution in [1.82, 2.24) is 14.8 Å². The molecule has 0 saturated carbocycles. The molecule has 0 aliphatic rings. The monoisotopic (exact) mass is 370 g/mol. The zero-order valence-corrected chi connectivity index (χ0v) is 15.4. The van der Waals surface area contributed by atoms with Crippen LogP contribution in [0, 0.1) is 0 Å². The van der Waals surface area contributed by atoms with Crippen molar-refractivity contribution in [2.75, 3.05) is 6.26 Å². The predicted molar refractivity (Wildman–Crippen MR) is 100 cm³/mol. The summed E-state index contributed by atoms with van der Waals surface area (Å²) < 4.78 is 25.8. The Hall–Kier alpha value is -2.51. The van der Waals surface area contributed by atoms with E-state index in [0.717, 1.165) is 17.4 Å². The van der Waals surface area contributed by atoms with E-state index in [1.807, 2.05) is 60.7 Å². The van der Waals surface area contributed by atoms with Crippen LogP contribution in [-0.2, 0) is 29.2 Å². The minimum Gasteiger partial charge on any atom is -0.321 e. The molecule has 26 heavy (non-hydrogen) atoms. The van der Waals surface area contributed by atoms with Gasteiger partial charge in [0.25, 0.3) is 0 Å². The predicted octanol–water partition coefficient (Wildman–Crippen LogP) is 2.17. The third kappa shape index (κ3) is 4.36. The lowest BCUT2D eigenvalue weighted by molar-refractivity contribution is 0.533. The number of sulfone groups is 1. The molecule has 7 heteroatoms. The molecule has 1 atom stereocenters. The molecule has 0 aliphatic carbocycles. The van der Waals surface area contributed by atoms with E-state index in [4.69, 9.17) is 5.73 Å². The first-order chi connectivity index (χ1) is 12.4. The van der Waals surface area contributed by atoms with Crippen molar-refractivity contribution in [2.24, 2.45) is 5.73 Å². The largest absolute Gasteiger partial charge is 0.321 e. The van der Waals surface area contributed by atoms with Gasteiger partial charge >= 0.3 is 0 Å². The molecule has 0 saturated heterocycles. The summed E-state index contributed by atoms with van der Waals surface area (Å²) in [5, 5.41) is 7.97. The highest BCUT2D eigenvalue weighted by Gasteiger charge is 2.24. The fraction of sp³-hybridized carbons (Fsp3) is 0.263. The highest BCUT2D eigenvalue weighted by Crippen LogP contribution is 2.19. The van der Waals surface area contributed by atoms with Crippen LogP contribution in [0.1, 0.15) is 23.0 Å². The highest BCUT2D eigenvalue weighted by atomic mass is 32.2. The molecule has 0 radical (unpaired) electrons. The summed E-state index contributed by atoms with van der Waals surface area (Å²) in [5.74, 6) is 0.491. The third-order valence-corrected chi connectivity index (χ3v) is 5.14. The Morgan fingerprint density at radius 2 is 1.54 bits per heavy atom. The molecule has 2 aromatic carbocycles. The zero-order valence-electron chi connectivity index (χ0n) is 14.6. The first kappa shape index (κ1) is 18.3. The van der Waals surface area contributed by atoms with Gasteiger partial charge in [0.2, 0.25) is 15.0 Å². The highest BCUT2D eigenvalue weighted by molar-refractivity contribution is 7.90. The summed E-state index contributed by atoms with van der Waals surface area (Å²) in [7, 11) is -3.49. The first-order valence-corrected chi connectivity index (χ1v) is 10.3. The molecule has 3 rings (SSSR count). The van der Waals surface area contributed by atoms with E-state index in [1.165, 1.54) is 0 Å². The minimum absolute atomic E-state index is 0.0352. The maximum Gasteiger partial charge on any atom is 0.249 e. The van der Waals surface area contributed by atoms with E-state index < -0.39 is 15.9 Å². The number of hydrogen-bond donors (Lipinski definition) is 1. The van der Waals surface area contributed by atoms with Crippen molar-refractivity contribution in [1.29, 1.82) is 0 Å². The summed E-state index contributed by atoms with van der Waals surface area (Å²) in [5.41, 5.74) is 8.52. The van der Waals surface area contributed by atoms with Crippen LogP contribution in [-0.4, -0.2) is 29.4 Å². The summed E-state index contributed by atoms with van der Waals surface area (Å²) in [6.45, 7) is 0.456. The van der Waals surface area contributed by atoms with Gasteiger partial charge in [0.15, 0.2) is 5.82 Å². The zero-order chi connectivity index (χ0) is 18.6. The molecule has 0 spiro atoms. The van der Waals surface area contributed by atoms with Gasteiger partial charge in [-0.25, -0.2) is 8.42 Å². The van der Waals surface area contributed by atoms with Crippen molar-refractivity contribution in [3.05, 3.63) is 77.6 Å². The van der Waals surface area contributed by atoms with E-state index in [9.17, 15) is 8.42 Å². The molecular formula is C19H22N4O2S. The quantitative estimate of drug-likeness (QED) is 0.688. The molecule has 1 heterocycles. The summed E-state index contributed by atoms with van der Waals surface area (Å²) in [6, 6.07) is 19.3. The van der Waals surface area contributed by atoms with Gasteiger partial charge in [-0.2, -0.15) is 0 Å². The van der Waals surface area contributed by atoms with Gasteiger partial charge in [-0.05, 0) is 24.0 Å². The Balaban J connectivity index is 1.88. The maximum atomic E-state index is 12.1. The van der Waals surface area contributed by atoms with Gasteiger partial charge in [-0.15, -0.1) is 10.2 Å². The number of nitrogens with two attached hydrogens (primary N) is 1. The number of benzene rings is 2. The molecule has 3 aromatic rings. The van der Waals surface area contributed by atoms with Gasteiger partial charge in [0, 0.05) is 12.8 Å². The van der Waals surface area contributed by atoms with Crippen LogP contribution in [0.3, 0.4) is 0 Å². The second kappa shape index (κ2) is 7.80. The van der Waals surface area contributed by atoms with Gasteiger partial charge in [0.1, 0.15) is 0 Å². The van der Waals surface area contributed by atoms with Gasteiger partial charge in [-0.3, -0.25) is 0 Å². The average molecular weight is 370 g/mol.